The maximum absolute atomic E-state index is 12.6. The summed E-state index contributed by atoms with van der Waals surface area (Å²) in [7, 11) is -4.16. The van der Waals surface area contributed by atoms with Crippen LogP contribution in [-0.2, 0) is 16.6 Å². The molecule has 10 nitrogen and oxygen atoms in total. The lowest BCUT2D eigenvalue weighted by Gasteiger charge is -2.09. The maximum atomic E-state index is 12.6. The number of rotatable bonds is 8. The van der Waals surface area contributed by atoms with Crippen molar-refractivity contribution in [2.75, 3.05) is 6.54 Å². The smallest absolute Gasteiger partial charge is 0.268 e. The summed E-state index contributed by atoms with van der Waals surface area (Å²) >= 11 is 1.45. The van der Waals surface area contributed by atoms with Crippen LogP contribution in [0.15, 0.2) is 76.4 Å². The predicted octanol–water partition coefficient (Wildman–Crippen LogP) is 3.23. The number of sulfonamides is 1. The first-order chi connectivity index (χ1) is 16.3. The molecule has 0 aliphatic heterocycles. The van der Waals surface area contributed by atoms with Gasteiger partial charge in [0.25, 0.3) is 11.2 Å². The number of hydrogen-bond acceptors (Lipinski definition) is 8. The molecule has 0 amide bonds. The van der Waals surface area contributed by atoms with Gasteiger partial charge in [-0.1, -0.05) is 42.5 Å². The van der Waals surface area contributed by atoms with Gasteiger partial charge in [0.15, 0.2) is 4.90 Å². The van der Waals surface area contributed by atoms with Crippen molar-refractivity contribution in [1.82, 2.24) is 19.5 Å². The number of nitrogens with zero attached hydrogens (tertiary/aromatic N) is 4. The van der Waals surface area contributed by atoms with E-state index in [0.29, 0.717) is 5.69 Å². The third-order valence-electron chi connectivity index (χ3n) is 4.88. The first-order valence-corrected chi connectivity index (χ1v) is 12.4. The van der Waals surface area contributed by atoms with E-state index in [4.69, 9.17) is 0 Å². The minimum Gasteiger partial charge on any atom is -0.268 e. The van der Waals surface area contributed by atoms with Crippen molar-refractivity contribution in [2.24, 2.45) is 0 Å². The summed E-state index contributed by atoms with van der Waals surface area (Å²) in [5, 5.41) is 16.4. The molecule has 0 atom stereocenters. The molecular formula is C22H19N5O5S2. The Morgan fingerprint density at radius 1 is 1.06 bits per heavy atom. The highest BCUT2D eigenvalue weighted by molar-refractivity contribution is 7.89. The zero-order valence-electron chi connectivity index (χ0n) is 17.9. The Morgan fingerprint density at radius 3 is 2.50 bits per heavy atom. The van der Waals surface area contributed by atoms with Gasteiger partial charge in [-0.05, 0) is 19.1 Å². The van der Waals surface area contributed by atoms with Crippen LogP contribution < -0.4 is 10.3 Å². The lowest BCUT2D eigenvalue weighted by molar-refractivity contribution is -0.387. The quantitative estimate of drug-likeness (QED) is 0.291. The number of aromatic nitrogens is 3. The van der Waals surface area contributed by atoms with Crippen molar-refractivity contribution in [3.63, 3.8) is 0 Å². The van der Waals surface area contributed by atoms with Crippen molar-refractivity contribution in [2.45, 2.75) is 18.4 Å². The van der Waals surface area contributed by atoms with Crippen LogP contribution in [0.1, 0.15) is 5.69 Å². The van der Waals surface area contributed by atoms with Gasteiger partial charge in [-0.2, -0.15) is 5.10 Å². The van der Waals surface area contributed by atoms with Crippen molar-refractivity contribution in [3.05, 3.63) is 92.9 Å². The van der Waals surface area contributed by atoms with Crippen LogP contribution in [0.4, 0.5) is 5.69 Å². The Kier molecular flexibility index (Phi) is 6.63. The number of hydrogen-bond donors (Lipinski definition) is 1. The van der Waals surface area contributed by atoms with Gasteiger partial charge in [0.05, 0.1) is 22.0 Å². The summed E-state index contributed by atoms with van der Waals surface area (Å²) in [5.74, 6) is 0. The molecule has 0 saturated carbocycles. The van der Waals surface area contributed by atoms with Crippen LogP contribution in [0.5, 0.6) is 0 Å². The van der Waals surface area contributed by atoms with E-state index in [1.807, 2.05) is 37.3 Å². The summed E-state index contributed by atoms with van der Waals surface area (Å²) in [6.07, 6.45) is 0. The Labute approximate surface area is 198 Å². The standard InChI is InChI=1S/C22H19N5O5S2/c1-15-21(33-22(24-15)16-7-3-2-4-8-16)17-11-12-20(28)26(25-17)14-13-23-34(31,32)19-10-6-5-9-18(19)27(29)30/h2-12,23H,13-14H2,1H3. The van der Waals surface area contributed by atoms with E-state index in [1.165, 1.54) is 29.5 Å². The van der Waals surface area contributed by atoms with Crippen molar-refractivity contribution in [3.8, 4) is 21.1 Å². The van der Waals surface area contributed by atoms with Crippen LogP contribution in [0.2, 0.25) is 0 Å². The SMILES string of the molecule is Cc1nc(-c2ccccc2)sc1-c1ccc(=O)n(CCNS(=O)(=O)c2ccccc2[N+](=O)[O-])n1. The molecule has 0 bridgehead atoms. The van der Waals surface area contributed by atoms with Gasteiger partial charge in [-0.25, -0.2) is 22.8 Å². The van der Waals surface area contributed by atoms with Crippen LogP contribution in [0.3, 0.4) is 0 Å². The molecule has 0 radical (unpaired) electrons. The van der Waals surface area contributed by atoms with Crippen molar-refractivity contribution >= 4 is 27.0 Å². The second-order valence-corrected chi connectivity index (χ2v) is 9.94. The number of nitro groups is 1. The number of benzene rings is 2. The fourth-order valence-corrected chi connectivity index (χ4v) is 5.50. The summed E-state index contributed by atoms with van der Waals surface area (Å²) < 4.78 is 28.6. The van der Waals surface area contributed by atoms with E-state index in [-0.39, 0.29) is 13.1 Å². The molecule has 4 aromatic rings. The first-order valence-electron chi connectivity index (χ1n) is 10.1. The van der Waals surface area contributed by atoms with Crippen LogP contribution in [0, 0.1) is 17.0 Å². The fourth-order valence-electron chi connectivity index (χ4n) is 3.27. The fraction of sp³-hybridized carbons (Fsp3) is 0.136. The number of nitro benzene ring substituents is 1. The Bertz CT molecular complexity index is 1510. The Balaban J connectivity index is 1.54. The highest BCUT2D eigenvalue weighted by Gasteiger charge is 2.24. The molecule has 1 N–H and O–H groups in total. The second-order valence-electron chi connectivity index (χ2n) is 7.20. The highest BCUT2D eigenvalue weighted by Crippen LogP contribution is 2.33. The van der Waals surface area contributed by atoms with Crippen LogP contribution >= 0.6 is 11.3 Å². The van der Waals surface area contributed by atoms with Gasteiger partial charge in [-0.3, -0.25) is 14.9 Å². The van der Waals surface area contributed by atoms with Crippen LogP contribution in [-0.4, -0.2) is 34.7 Å². The van der Waals surface area contributed by atoms with E-state index in [2.05, 4.69) is 14.8 Å². The molecular weight excluding hydrogens is 478 g/mol. The van der Waals surface area contributed by atoms with E-state index in [1.54, 1.807) is 6.07 Å². The largest absolute Gasteiger partial charge is 0.289 e. The van der Waals surface area contributed by atoms with E-state index < -0.39 is 31.1 Å². The topological polar surface area (TPSA) is 137 Å². The van der Waals surface area contributed by atoms with E-state index in [0.717, 1.165) is 38.0 Å². The monoisotopic (exact) mass is 497 g/mol. The molecule has 2 heterocycles. The van der Waals surface area contributed by atoms with E-state index in [9.17, 15) is 23.3 Å². The molecule has 0 saturated heterocycles. The molecule has 2 aromatic heterocycles. The number of aryl methyl sites for hydroxylation is 1. The predicted molar refractivity (Wildman–Crippen MR) is 128 cm³/mol. The first kappa shape index (κ1) is 23.4. The lowest BCUT2D eigenvalue weighted by Crippen LogP contribution is -2.32. The molecule has 12 heteroatoms. The zero-order chi connectivity index (χ0) is 24.3. The van der Waals surface area contributed by atoms with Gasteiger partial charge >= 0.3 is 0 Å². The van der Waals surface area contributed by atoms with Gasteiger partial charge in [-0.15, -0.1) is 11.3 Å². The molecule has 0 fully saturated rings. The lowest BCUT2D eigenvalue weighted by atomic mass is 10.2. The minimum absolute atomic E-state index is 0.0596. The molecule has 174 valence electrons. The van der Waals surface area contributed by atoms with Gasteiger partial charge < -0.3 is 0 Å². The number of para-hydroxylation sites is 1. The van der Waals surface area contributed by atoms with Crippen molar-refractivity contribution in [1.29, 1.82) is 0 Å². The molecule has 4 rings (SSSR count). The van der Waals surface area contributed by atoms with Gasteiger partial charge in [0.1, 0.15) is 10.7 Å². The number of nitrogens with one attached hydrogen (secondary N) is 1. The number of thiazole rings is 1. The summed E-state index contributed by atoms with van der Waals surface area (Å²) in [4.78, 5) is 27.7. The van der Waals surface area contributed by atoms with Gasteiger partial charge in [0, 0.05) is 24.2 Å². The molecule has 0 unspecified atom stereocenters. The second kappa shape index (κ2) is 9.63. The summed E-state index contributed by atoms with van der Waals surface area (Å²) in [5.41, 5.74) is 1.35. The average Bonchev–Trinajstić information content (AvgIpc) is 3.22. The van der Waals surface area contributed by atoms with Crippen LogP contribution in [0.25, 0.3) is 21.1 Å². The summed E-state index contributed by atoms with van der Waals surface area (Å²) in [6, 6.07) is 17.7. The average molecular weight is 498 g/mol. The zero-order valence-corrected chi connectivity index (χ0v) is 19.5. The normalized spacial score (nSPS) is 11.4. The van der Waals surface area contributed by atoms with E-state index >= 15 is 0 Å². The third kappa shape index (κ3) is 4.93. The summed E-state index contributed by atoms with van der Waals surface area (Å²) in [6.45, 7) is 1.62. The Hall–Kier alpha value is -3.74. The highest BCUT2D eigenvalue weighted by atomic mass is 32.2. The van der Waals surface area contributed by atoms with Gasteiger partial charge in [0.2, 0.25) is 10.0 Å². The molecule has 0 aliphatic carbocycles. The molecule has 2 aromatic carbocycles. The minimum atomic E-state index is -4.16. The maximum Gasteiger partial charge on any atom is 0.289 e. The third-order valence-corrected chi connectivity index (χ3v) is 7.62. The molecule has 0 spiro atoms. The van der Waals surface area contributed by atoms with Crippen molar-refractivity contribution < 1.29 is 13.3 Å². The molecule has 34 heavy (non-hydrogen) atoms. The Morgan fingerprint density at radius 2 is 1.76 bits per heavy atom. The molecule has 0 aliphatic rings.